The maximum atomic E-state index is 12.6. The van der Waals surface area contributed by atoms with E-state index in [-0.39, 0.29) is 17.4 Å². The number of halogens is 1. The molecule has 1 saturated heterocycles. The molecule has 1 unspecified atom stereocenters. The Morgan fingerprint density at radius 2 is 2.30 bits per heavy atom. The second-order valence-corrected chi connectivity index (χ2v) is 7.42. The number of carbonyl (C=O) groups is 1. The Morgan fingerprint density at radius 1 is 1.50 bits per heavy atom. The highest BCUT2D eigenvalue weighted by atomic mass is 35.5. The lowest BCUT2D eigenvalue weighted by molar-refractivity contribution is 0.0784. The van der Waals surface area contributed by atoms with E-state index in [2.05, 4.69) is 4.98 Å². The highest BCUT2D eigenvalue weighted by molar-refractivity contribution is 7.22. The summed E-state index contributed by atoms with van der Waals surface area (Å²) in [5.74, 6) is 0.0654. The Morgan fingerprint density at radius 3 is 3.00 bits per heavy atom. The Kier molecular flexibility index (Phi) is 2.61. The highest BCUT2D eigenvalue weighted by Gasteiger charge is 2.54. The molecule has 1 amide bonds. The van der Waals surface area contributed by atoms with Gasteiger partial charge < -0.3 is 10.6 Å². The SMILES string of the molecule is NC1CN(C(=O)c2ccc3nc(Cl)sc3c2)CC12CC2. The van der Waals surface area contributed by atoms with Crippen LogP contribution in [0.1, 0.15) is 23.2 Å². The van der Waals surface area contributed by atoms with Gasteiger partial charge in [-0.05, 0) is 31.0 Å². The van der Waals surface area contributed by atoms with Gasteiger partial charge in [0, 0.05) is 30.1 Å². The summed E-state index contributed by atoms with van der Waals surface area (Å²) in [5, 5.41) is 0. The van der Waals surface area contributed by atoms with Gasteiger partial charge in [0.15, 0.2) is 4.47 Å². The van der Waals surface area contributed by atoms with Gasteiger partial charge >= 0.3 is 0 Å². The molecular weight excluding hydrogens is 294 g/mol. The first-order valence-corrected chi connectivity index (χ1v) is 7.88. The molecule has 104 valence electrons. The smallest absolute Gasteiger partial charge is 0.253 e. The van der Waals surface area contributed by atoms with E-state index in [0.29, 0.717) is 16.6 Å². The van der Waals surface area contributed by atoms with Crippen molar-refractivity contribution in [3.05, 3.63) is 28.2 Å². The largest absolute Gasteiger partial charge is 0.336 e. The monoisotopic (exact) mass is 307 g/mol. The molecule has 20 heavy (non-hydrogen) atoms. The molecule has 1 aliphatic carbocycles. The number of carbonyl (C=O) groups excluding carboxylic acids is 1. The molecule has 1 atom stereocenters. The van der Waals surface area contributed by atoms with Crippen molar-refractivity contribution in [3.8, 4) is 0 Å². The van der Waals surface area contributed by atoms with Crippen molar-refractivity contribution in [3.63, 3.8) is 0 Å². The van der Waals surface area contributed by atoms with E-state index in [4.69, 9.17) is 17.3 Å². The number of amides is 1. The van der Waals surface area contributed by atoms with Gasteiger partial charge in [0.2, 0.25) is 0 Å². The molecule has 6 heteroatoms. The number of hydrogen-bond donors (Lipinski definition) is 1. The van der Waals surface area contributed by atoms with Crippen LogP contribution in [0, 0.1) is 5.41 Å². The zero-order valence-electron chi connectivity index (χ0n) is 10.8. The number of fused-ring (bicyclic) bond motifs is 1. The maximum Gasteiger partial charge on any atom is 0.253 e. The highest BCUT2D eigenvalue weighted by Crippen LogP contribution is 2.52. The average Bonchev–Trinajstić information content (AvgIpc) is 2.99. The molecule has 2 N–H and O–H groups in total. The van der Waals surface area contributed by atoms with E-state index in [1.807, 2.05) is 23.1 Å². The lowest BCUT2D eigenvalue weighted by Crippen LogP contribution is -2.32. The third-order valence-electron chi connectivity index (χ3n) is 4.50. The minimum absolute atomic E-state index is 0.0654. The molecule has 4 nitrogen and oxygen atoms in total. The first kappa shape index (κ1) is 12.6. The first-order chi connectivity index (χ1) is 9.57. The summed E-state index contributed by atoms with van der Waals surface area (Å²) in [6, 6.07) is 5.69. The molecule has 1 aromatic heterocycles. The summed E-state index contributed by atoms with van der Waals surface area (Å²) in [7, 11) is 0. The fourth-order valence-electron chi connectivity index (χ4n) is 3.05. The van der Waals surface area contributed by atoms with Gasteiger partial charge in [0.1, 0.15) is 0 Å². The van der Waals surface area contributed by atoms with Crippen molar-refractivity contribution in [2.45, 2.75) is 18.9 Å². The van der Waals surface area contributed by atoms with Crippen molar-refractivity contribution in [1.82, 2.24) is 9.88 Å². The molecule has 1 aromatic carbocycles. The van der Waals surface area contributed by atoms with Crippen molar-refractivity contribution in [2.24, 2.45) is 11.1 Å². The number of nitrogens with zero attached hydrogens (tertiary/aromatic N) is 2. The van der Waals surface area contributed by atoms with Crippen LogP contribution in [0.25, 0.3) is 10.2 Å². The number of aromatic nitrogens is 1. The van der Waals surface area contributed by atoms with Crippen LogP contribution >= 0.6 is 22.9 Å². The van der Waals surface area contributed by atoms with Crippen LogP contribution in [0.15, 0.2) is 18.2 Å². The molecule has 2 heterocycles. The molecule has 4 rings (SSSR count). The molecule has 1 saturated carbocycles. The zero-order chi connectivity index (χ0) is 13.9. The van der Waals surface area contributed by atoms with Crippen LogP contribution in [-0.4, -0.2) is 34.9 Å². The van der Waals surface area contributed by atoms with E-state index in [0.717, 1.165) is 29.6 Å². The van der Waals surface area contributed by atoms with Crippen molar-refractivity contribution in [1.29, 1.82) is 0 Å². The normalized spacial score (nSPS) is 23.7. The van der Waals surface area contributed by atoms with E-state index >= 15 is 0 Å². The van der Waals surface area contributed by atoms with Crippen LogP contribution in [0.2, 0.25) is 4.47 Å². The summed E-state index contributed by atoms with van der Waals surface area (Å²) in [5.41, 5.74) is 7.91. The van der Waals surface area contributed by atoms with E-state index in [9.17, 15) is 4.79 Å². The second-order valence-electron chi connectivity index (χ2n) is 5.80. The van der Waals surface area contributed by atoms with Gasteiger partial charge in [-0.3, -0.25) is 4.79 Å². The fourth-order valence-corrected chi connectivity index (χ4v) is 4.12. The summed E-state index contributed by atoms with van der Waals surface area (Å²) in [4.78, 5) is 18.7. The van der Waals surface area contributed by atoms with Crippen molar-refractivity contribution >= 4 is 39.1 Å². The number of thiazole rings is 1. The van der Waals surface area contributed by atoms with E-state index < -0.39 is 0 Å². The summed E-state index contributed by atoms with van der Waals surface area (Å²) >= 11 is 7.30. The van der Waals surface area contributed by atoms with Gasteiger partial charge in [-0.15, -0.1) is 11.3 Å². The van der Waals surface area contributed by atoms with Gasteiger partial charge in [0.25, 0.3) is 5.91 Å². The maximum absolute atomic E-state index is 12.6. The first-order valence-electron chi connectivity index (χ1n) is 6.68. The summed E-state index contributed by atoms with van der Waals surface area (Å²) in [6.45, 7) is 1.47. The minimum Gasteiger partial charge on any atom is -0.336 e. The molecule has 1 spiro atoms. The number of benzene rings is 1. The van der Waals surface area contributed by atoms with Crippen LogP contribution in [0.5, 0.6) is 0 Å². The van der Waals surface area contributed by atoms with Crippen molar-refractivity contribution < 1.29 is 4.79 Å². The van der Waals surface area contributed by atoms with E-state index in [1.54, 1.807) is 0 Å². The number of likely N-dealkylation sites (tertiary alicyclic amines) is 1. The Bertz CT molecular complexity index is 710. The molecular formula is C14H14ClN3OS. The van der Waals surface area contributed by atoms with Gasteiger partial charge in [-0.1, -0.05) is 11.6 Å². The van der Waals surface area contributed by atoms with Crippen LogP contribution in [0.3, 0.4) is 0 Å². The zero-order valence-corrected chi connectivity index (χ0v) is 12.4. The molecule has 2 aromatic rings. The average molecular weight is 308 g/mol. The Labute approximate surface area is 125 Å². The number of rotatable bonds is 1. The molecule has 1 aliphatic heterocycles. The van der Waals surface area contributed by atoms with Crippen LogP contribution in [0.4, 0.5) is 0 Å². The lowest BCUT2D eigenvalue weighted by atomic mass is 10.0. The third kappa shape index (κ3) is 1.84. The van der Waals surface area contributed by atoms with Gasteiger partial charge in [-0.25, -0.2) is 4.98 Å². The number of nitrogens with two attached hydrogens (primary N) is 1. The van der Waals surface area contributed by atoms with Gasteiger partial charge in [0.05, 0.1) is 10.2 Å². The Balaban J connectivity index is 1.63. The molecule has 0 radical (unpaired) electrons. The summed E-state index contributed by atoms with van der Waals surface area (Å²) in [6.07, 6.45) is 2.31. The van der Waals surface area contributed by atoms with Crippen LogP contribution in [-0.2, 0) is 0 Å². The standard InChI is InChI=1S/C14H14ClN3OS/c15-13-17-9-2-1-8(5-10(9)20-13)12(19)18-6-11(16)14(7-18)3-4-14/h1-2,5,11H,3-4,6-7,16H2. The van der Waals surface area contributed by atoms with Gasteiger partial charge in [-0.2, -0.15) is 0 Å². The lowest BCUT2D eigenvalue weighted by Gasteiger charge is -2.16. The predicted molar refractivity (Wildman–Crippen MR) is 80.2 cm³/mol. The second kappa shape index (κ2) is 4.16. The van der Waals surface area contributed by atoms with Crippen molar-refractivity contribution in [2.75, 3.05) is 13.1 Å². The predicted octanol–water partition coefficient (Wildman–Crippen LogP) is 2.51. The molecule has 0 bridgehead atoms. The minimum atomic E-state index is 0.0654. The summed E-state index contributed by atoms with van der Waals surface area (Å²) < 4.78 is 1.45. The molecule has 2 aliphatic rings. The van der Waals surface area contributed by atoms with Crippen LogP contribution < -0.4 is 5.73 Å². The Hall–Kier alpha value is -1.17. The molecule has 2 fully saturated rings. The topological polar surface area (TPSA) is 59.2 Å². The quantitative estimate of drug-likeness (QED) is 0.880. The van der Waals surface area contributed by atoms with E-state index in [1.165, 1.54) is 11.3 Å². The fraction of sp³-hybridized carbons (Fsp3) is 0.429. The number of hydrogen-bond acceptors (Lipinski definition) is 4. The third-order valence-corrected chi connectivity index (χ3v) is 5.62.